The minimum atomic E-state index is -1.69. The molecule has 0 aromatic heterocycles. The van der Waals surface area contributed by atoms with Crippen LogP contribution < -0.4 is 0 Å². The van der Waals surface area contributed by atoms with Crippen molar-refractivity contribution in [2.24, 2.45) is 0 Å². The number of unbranched alkanes of at least 4 members (excludes halogenated alkanes) is 5. The molecule has 1 unspecified atom stereocenters. The van der Waals surface area contributed by atoms with Gasteiger partial charge in [-0.2, -0.15) is 0 Å². The summed E-state index contributed by atoms with van der Waals surface area (Å²) < 4.78 is 3.73. The molecule has 0 radical (unpaired) electrons. The van der Waals surface area contributed by atoms with Gasteiger partial charge in [-0.3, -0.25) is 4.79 Å². The van der Waals surface area contributed by atoms with Crippen LogP contribution in [0.25, 0.3) is 0 Å². The average molecular weight is 392 g/mol. The predicted octanol–water partition coefficient (Wildman–Crippen LogP) is 6.95. The molecule has 1 rings (SSSR count). The molecule has 0 saturated carbocycles. The van der Waals surface area contributed by atoms with E-state index in [0.717, 1.165) is 25.7 Å². The van der Waals surface area contributed by atoms with Gasteiger partial charge in [0, 0.05) is 6.42 Å². The summed E-state index contributed by atoms with van der Waals surface area (Å²) in [6, 6.07) is 9.06. The molecular weight excluding hydrogens is 367 g/mol. The van der Waals surface area contributed by atoms with E-state index in [0.29, 0.717) is 12.0 Å². The number of hydrogen-bond donors (Lipinski definition) is 0. The lowest BCUT2D eigenvalue weighted by Gasteiger charge is -2.24. The molecular formula is C19H25Cl3O2. The molecule has 1 aromatic carbocycles. The Morgan fingerprint density at radius 1 is 1.08 bits per heavy atom. The van der Waals surface area contributed by atoms with E-state index in [2.05, 4.69) is 12.2 Å². The Labute approximate surface area is 160 Å². The van der Waals surface area contributed by atoms with Gasteiger partial charge in [0.15, 0.2) is 6.10 Å². The molecule has 1 aromatic rings. The van der Waals surface area contributed by atoms with Crippen molar-refractivity contribution in [1.29, 1.82) is 0 Å². The van der Waals surface area contributed by atoms with Gasteiger partial charge < -0.3 is 4.74 Å². The molecule has 134 valence electrons. The number of benzene rings is 1. The zero-order valence-electron chi connectivity index (χ0n) is 14.0. The smallest absolute Gasteiger partial charge is 0.306 e. The fourth-order valence-electron chi connectivity index (χ4n) is 2.37. The van der Waals surface area contributed by atoms with E-state index < -0.39 is 9.90 Å². The van der Waals surface area contributed by atoms with Crippen molar-refractivity contribution < 1.29 is 9.53 Å². The van der Waals surface area contributed by atoms with Crippen LogP contribution in [-0.2, 0) is 9.53 Å². The van der Waals surface area contributed by atoms with Crippen molar-refractivity contribution >= 4 is 40.8 Å². The Kier molecular flexibility index (Phi) is 10.5. The van der Waals surface area contributed by atoms with Crippen LogP contribution in [0.5, 0.6) is 0 Å². The molecule has 0 amide bonds. The summed E-state index contributed by atoms with van der Waals surface area (Å²) in [6.45, 7) is 2.03. The van der Waals surface area contributed by atoms with Crippen LogP contribution in [0.4, 0.5) is 0 Å². The first-order valence-electron chi connectivity index (χ1n) is 8.37. The summed E-state index contributed by atoms with van der Waals surface area (Å²) in [5.74, 6) is -0.330. The van der Waals surface area contributed by atoms with E-state index in [-0.39, 0.29) is 5.97 Å². The van der Waals surface area contributed by atoms with E-state index in [9.17, 15) is 4.79 Å². The minimum Gasteiger partial charge on any atom is -0.453 e. The van der Waals surface area contributed by atoms with Gasteiger partial charge in [-0.05, 0) is 31.7 Å². The van der Waals surface area contributed by atoms with Gasteiger partial charge in [0.05, 0.1) is 0 Å². The highest BCUT2D eigenvalue weighted by atomic mass is 35.6. The first-order chi connectivity index (χ1) is 11.4. The minimum absolute atomic E-state index is 0.330. The van der Waals surface area contributed by atoms with Crippen LogP contribution in [0.3, 0.4) is 0 Å². The Balaban J connectivity index is 2.33. The van der Waals surface area contributed by atoms with E-state index in [4.69, 9.17) is 39.5 Å². The second-order valence-corrected chi connectivity index (χ2v) is 8.07. The summed E-state index contributed by atoms with van der Waals surface area (Å²) in [5.41, 5.74) is 0.676. The SMILES string of the molecule is C/C=C/CCCCCCCC(=O)OC(c1ccccc1)C(Cl)(Cl)Cl. The maximum atomic E-state index is 12.0. The average Bonchev–Trinajstić information content (AvgIpc) is 2.55. The summed E-state index contributed by atoms with van der Waals surface area (Å²) in [5, 5.41) is 0. The molecule has 24 heavy (non-hydrogen) atoms. The molecule has 0 spiro atoms. The summed E-state index contributed by atoms with van der Waals surface area (Å²) in [7, 11) is 0. The second kappa shape index (κ2) is 11.8. The number of halogens is 3. The van der Waals surface area contributed by atoms with Crippen LogP contribution in [0.15, 0.2) is 42.5 Å². The standard InChI is InChI=1S/C19H25Cl3O2/c1-2-3-4-5-6-7-8-12-15-17(23)24-18(19(20,21)22)16-13-10-9-11-14-16/h2-3,9-11,13-14,18H,4-8,12,15H2,1H3/b3-2+. The highest BCUT2D eigenvalue weighted by Crippen LogP contribution is 2.42. The van der Waals surface area contributed by atoms with E-state index >= 15 is 0 Å². The molecule has 0 aliphatic carbocycles. The Hall–Kier alpha value is -0.700. The number of carbonyl (C=O) groups is 1. The third kappa shape index (κ3) is 8.96. The number of ether oxygens (including phenoxy) is 1. The first kappa shape index (κ1) is 21.3. The fourth-order valence-corrected chi connectivity index (χ4v) is 2.88. The van der Waals surface area contributed by atoms with Crippen molar-refractivity contribution in [2.45, 2.75) is 61.8 Å². The highest BCUT2D eigenvalue weighted by Gasteiger charge is 2.37. The van der Waals surface area contributed by atoms with Crippen molar-refractivity contribution in [2.75, 3.05) is 0 Å². The van der Waals surface area contributed by atoms with Gasteiger partial charge in [-0.15, -0.1) is 0 Å². The third-order valence-electron chi connectivity index (χ3n) is 3.64. The Bertz CT molecular complexity index is 495. The van der Waals surface area contributed by atoms with Crippen LogP contribution in [0, 0.1) is 0 Å². The van der Waals surface area contributed by atoms with E-state index in [1.165, 1.54) is 12.8 Å². The lowest BCUT2D eigenvalue weighted by Crippen LogP contribution is -2.23. The zero-order valence-corrected chi connectivity index (χ0v) is 16.3. The van der Waals surface area contributed by atoms with Crippen LogP contribution in [0.1, 0.15) is 63.5 Å². The number of esters is 1. The van der Waals surface area contributed by atoms with Crippen LogP contribution in [0.2, 0.25) is 0 Å². The van der Waals surface area contributed by atoms with Crippen molar-refractivity contribution in [3.8, 4) is 0 Å². The Morgan fingerprint density at radius 2 is 1.71 bits per heavy atom. The summed E-state index contributed by atoms with van der Waals surface area (Å²) in [4.78, 5) is 12.0. The maximum absolute atomic E-state index is 12.0. The normalized spacial score (nSPS) is 13.2. The summed E-state index contributed by atoms with van der Waals surface area (Å²) >= 11 is 17.9. The zero-order chi connectivity index (χ0) is 17.8. The van der Waals surface area contributed by atoms with Crippen molar-refractivity contribution in [3.63, 3.8) is 0 Å². The van der Waals surface area contributed by atoms with E-state index in [1.807, 2.05) is 25.1 Å². The molecule has 0 saturated heterocycles. The number of hydrogen-bond acceptors (Lipinski definition) is 2. The van der Waals surface area contributed by atoms with Crippen molar-refractivity contribution in [3.05, 3.63) is 48.0 Å². The lowest BCUT2D eigenvalue weighted by molar-refractivity contribution is -0.149. The number of rotatable bonds is 10. The third-order valence-corrected chi connectivity index (χ3v) is 4.23. The molecule has 0 fully saturated rings. The van der Waals surface area contributed by atoms with Gasteiger partial charge in [0.25, 0.3) is 0 Å². The van der Waals surface area contributed by atoms with Gasteiger partial charge >= 0.3 is 5.97 Å². The first-order valence-corrected chi connectivity index (χ1v) is 9.51. The monoisotopic (exact) mass is 390 g/mol. The molecule has 5 heteroatoms. The Morgan fingerprint density at radius 3 is 2.33 bits per heavy atom. The highest BCUT2D eigenvalue weighted by molar-refractivity contribution is 6.68. The molecule has 0 N–H and O–H groups in total. The fraction of sp³-hybridized carbons (Fsp3) is 0.526. The molecule has 0 aliphatic heterocycles. The maximum Gasteiger partial charge on any atom is 0.306 e. The second-order valence-electron chi connectivity index (χ2n) is 5.70. The van der Waals surface area contributed by atoms with Gasteiger partial charge in [-0.25, -0.2) is 0 Å². The van der Waals surface area contributed by atoms with Crippen LogP contribution in [-0.4, -0.2) is 9.76 Å². The topological polar surface area (TPSA) is 26.3 Å². The molecule has 0 aliphatic rings. The molecule has 2 nitrogen and oxygen atoms in total. The molecule has 0 heterocycles. The summed E-state index contributed by atoms with van der Waals surface area (Å²) in [6.07, 6.45) is 10.1. The predicted molar refractivity (Wildman–Crippen MR) is 103 cm³/mol. The van der Waals surface area contributed by atoms with Gasteiger partial charge in [0.2, 0.25) is 3.79 Å². The number of allylic oxidation sites excluding steroid dienone is 2. The number of carbonyl (C=O) groups excluding carboxylic acids is 1. The van der Waals surface area contributed by atoms with Gasteiger partial charge in [-0.1, -0.05) is 96.5 Å². The number of alkyl halides is 3. The van der Waals surface area contributed by atoms with Crippen molar-refractivity contribution in [1.82, 2.24) is 0 Å². The van der Waals surface area contributed by atoms with Gasteiger partial charge in [0.1, 0.15) is 0 Å². The van der Waals surface area contributed by atoms with Crippen LogP contribution >= 0.6 is 34.8 Å². The largest absolute Gasteiger partial charge is 0.453 e. The molecule has 1 atom stereocenters. The molecule has 0 bridgehead atoms. The quantitative estimate of drug-likeness (QED) is 0.187. The van der Waals surface area contributed by atoms with E-state index in [1.54, 1.807) is 12.1 Å². The lowest BCUT2D eigenvalue weighted by atomic mass is 10.1.